The van der Waals surface area contributed by atoms with Gasteiger partial charge in [0, 0.05) is 10.4 Å². The van der Waals surface area contributed by atoms with Crippen LogP contribution in [0.3, 0.4) is 0 Å². The van der Waals surface area contributed by atoms with Crippen LogP contribution < -0.4 is 0 Å². The van der Waals surface area contributed by atoms with Crippen LogP contribution in [0.25, 0.3) is 11.0 Å². The van der Waals surface area contributed by atoms with E-state index in [4.69, 9.17) is 17.5 Å². The van der Waals surface area contributed by atoms with Gasteiger partial charge in [0.25, 0.3) is 0 Å². The summed E-state index contributed by atoms with van der Waals surface area (Å²) in [5, 5.41) is 12.1. The van der Waals surface area contributed by atoms with Gasteiger partial charge < -0.3 is 42.0 Å². The first kappa shape index (κ1) is 39.8. The van der Waals surface area contributed by atoms with Gasteiger partial charge in [-0.05, 0) is 12.1 Å². The van der Waals surface area contributed by atoms with Crippen molar-refractivity contribution in [2.24, 2.45) is 0 Å². The van der Waals surface area contributed by atoms with Gasteiger partial charge in [0.2, 0.25) is 0 Å². The van der Waals surface area contributed by atoms with Crippen LogP contribution in [0.15, 0.2) is 36.9 Å². The second-order valence-corrected chi connectivity index (χ2v) is 4.38. The van der Waals surface area contributed by atoms with Gasteiger partial charge >= 0.3 is 16.8 Å². The minimum absolute atomic E-state index is 0. The third-order valence-corrected chi connectivity index (χ3v) is 2.17. The van der Waals surface area contributed by atoms with E-state index in [1.54, 1.807) is 15.7 Å². The predicted molar refractivity (Wildman–Crippen MR) is 90.1 cm³/mol. The van der Waals surface area contributed by atoms with Crippen molar-refractivity contribution in [3.8, 4) is 0 Å². The van der Waals surface area contributed by atoms with Gasteiger partial charge in [-0.2, -0.15) is 5.10 Å². The molecule has 0 saturated carbocycles. The standard InChI is InChI=1S/C9H8N6.Co.H2O4S.6H2O/c1-2-4-9-8(3-1)12-13-15(9)7-14-6-10-5-11-14;;1-5(2,3)4;;;;;;/h1-6H,7H2;;(H2,1,2,3,4);6*1H2/q;+2;;;;;;;/p+2. The molecule has 0 amide bonds. The Hall–Kier alpha value is -2.10. The van der Waals surface area contributed by atoms with Gasteiger partial charge in [-0.15, -0.1) is 5.10 Å². The zero-order chi connectivity index (χ0) is 14.6. The van der Waals surface area contributed by atoms with Gasteiger partial charge in [0.05, 0.1) is 5.52 Å². The van der Waals surface area contributed by atoms with Crippen molar-refractivity contribution in [1.82, 2.24) is 29.8 Å². The van der Waals surface area contributed by atoms with E-state index in [0.717, 1.165) is 11.0 Å². The molecule has 2 aromatic heterocycles. The Labute approximate surface area is 162 Å². The Balaban J connectivity index is -0.0000000839. The summed E-state index contributed by atoms with van der Waals surface area (Å²) in [5.74, 6) is 0. The molecule has 161 valence electrons. The van der Waals surface area contributed by atoms with E-state index in [1.807, 2.05) is 24.3 Å². The monoisotopic (exact) mass is 467 g/mol. The minimum atomic E-state index is -5.17. The zero-order valence-corrected chi connectivity index (χ0v) is 15.4. The van der Waals surface area contributed by atoms with Crippen LogP contribution in [-0.2, 0) is 55.8 Å². The van der Waals surface area contributed by atoms with Crippen LogP contribution in [0.5, 0.6) is 0 Å². The van der Waals surface area contributed by atoms with Gasteiger partial charge in [-0.3, -0.25) is 8.42 Å². The molecule has 1 aromatic carbocycles. The molecule has 1 radical (unpaired) electrons. The molecule has 0 aliphatic rings. The molecule has 0 spiro atoms. The first-order valence-electron chi connectivity index (χ1n) is 5.21. The topological polar surface area (TPSA) is 337 Å². The van der Waals surface area contributed by atoms with Crippen LogP contribution in [0, 0.1) is 0 Å². The average Bonchev–Trinajstić information content (AvgIpc) is 2.98. The molecule has 3 rings (SSSR count). The maximum absolute atomic E-state index is 8.52. The van der Waals surface area contributed by atoms with E-state index >= 15 is 0 Å². The summed E-state index contributed by atoms with van der Waals surface area (Å²) in [7, 11) is -5.17. The van der Waals surface area contributed by atoms with Crippen LogP contribution in [0.1, 0.15) is 0 Å². The van der Waals surface area contributed by atoms with E-state index in [0.29, 0.717) is 6.67 Å². The molecule has 0 aliphatic heterocycles. The number of rotatable bonds is 2. The number of nitrogens with zero attached hydrogens (tertiary/aromatic N) is 6. The van der Waals surface area contributed by atoms with Crippen LogP contribution in [0.2, 0.25) is 0 Å². The van der Waals surface area contributed by atoms with Crippen molar-refractivity contribution in [2.75, 3.05) is 0 Å². The summed E-state index contributed by atoms with van der Waals surface area (Å²) < 4.78 is 37.6. The predicted octanol–water partition coefficient (Wildman–Crippen LogP) is -6.15. The maximum atomic E-state index is 8.52. The molecule has 18 heteroatoms. The van der Waals surface area contributed by atoms with E-state index in [-0.39, 0.29) is 49.6 Å². The maximum Gasteiger partial charge on any atom is 2.00 e. The summed E-state index contributed by atoms with van der Waals surface area (Å²) in [6, 6.07) is 7.81. The Morgan fingerprint density at radius 3 is 2.00 bits per heavy atom. The number of benzene rings is 1. The molecule has 0 aliphatic carbocycles. The van der Waals surface area contributed by atoms with Crippen molar-refractivity contribution in [1.29, 1.82) is 0 Å². The fourth-order valence-electron chi connectivity index (χ4n) is 1.46. The van der Waals surface area contributed by atoms with E-state index < -0.39 is 10.4 Å². The molecule has 0 atom stereocenters. The first-order chi connectivity index (χ1) is 9.43. The summed E-state index contributed by atoms with van der Waals surface area (Å²) in [6.45, 7) is 0.528. The van der Waals surface area contributed by atoms with E-state index in [9.17, 15) is 0 Å². The third-order valence-electron chi connectivity index (χ3n) is 2.17. The molecule has 27 heavy (non-hydrogen) atoms. The molecule has 0 bridgehead atoms. The van der Waals surface area contributed by atoms with Gasteiger partial charge in [0.15, 0.2) is 0 Å². The molecule has 0 unspecified atom stereocenters. The number of hydrogen-bond acceptors (Lipinski definition) is 8. The van der Waals surface area contributed by atoms with Crippen molar-refractivity contribution < 1.29 is 67.2 Å². The SMILES string of the molecule is O.O.O=S(=O)([O-])[O-].[Co+2].[OH3+].[OH3+].[OH3+].[OH3+].c1ccc2c(c1)nnn2Cn1cncn1. The Bertz CT molecular complexity index is 790. The molecule has 16 N–H and O–H groups in total. The number of aromatic nitrogens is 6. The van der Waals surface area contributed by atoms with Crippen molar-refractivity contribution >= 4 is 21.4 Å². The second-order valence-electron chi connectivity index (χ2n) is 3.56. The molecular weight excluding hydrogens is 443 g/mol. The largest absolute Gasteiger partial charge is 2.00 e. The number of para-hydroxylation sites is 1. The number of hydrogen-bond donors (Lipinski definition) is 0. The van der Waals surface area contributed by atoms with Gasteiger partial charge in [-0.1, -0.05) is 17.3 Å². The van der Waals surface area contributed by atoms with Crippen LogP contribution in [0.4, 0.5) is 0 Å². The van der Waals surface area contributed by atoms with E-state index in [1.165, 1.54) is 6.33 Å². The summed E-state index contributed by atoms with van der Waals surface area (Å²) in [4.78, 5) is 3.87. The van der Waals surface area contributed by atoms with Crippen molar-refractivity contribution in [2.45, 2.75) is 6.67 Å². The van der Waals surface area contributed by atoms with E-state index in [2.05, 4.69) is 20.4 Å². The molecular formula is C9H24CoN6O10S+4. The minimum Gasteiger partial charge on any atom is -0.759 e. The molecule has 3 aromatic rings. The zero-order valence-electron chi connectivity index (χ0n) is 13.5. The van der Waals surface area contributed by atoms with Crippen LogP contribution >= 0.6 is 0 Å². The Morgan fingerprint density at radius 1 is 1.00 bits per heavy atom. The van der Waals surface area contributed by atoms with Crippen molar-refractivity contribution in [3.63, 3.8) is 0 Å². The summed E-state index contributed by atoms with van der Waals surface area (Å²) >= 11 is 0. The molecule has 2 heterocycles. The summed E-state index contributed by atoms with van der Waals surface area (Å²) in [6.07, 6.45) is 3.15. The first-order valence-corrected chi connectivity index (χ1v) is 6.54. The van der Waals surface area contributed by atoms with Crippen molar-refractivity contribution in [3.05, 3.63) is 36.9 Å². The average molecular weight is 467 g/mol. The fraction of sp³-hybridized carbons (Fsp3) is 0.111. The fourth-order valence-corrected chi connectivity index (χ4v) is 1.46. The molecule has 16 nitrogen and oxygen atoms in total. The number of fused-ring (bicyclic) bond motifs is 1. The Morgan fingerprint density at radius 2 is 1.52 bits per heavy atom. The Kier molecular flexibility index (Phi) is 25.5. The molecule has 0 saturated heterocycles. The quantitative estimate of drug-likeness (QED) is 0.197. The molecule has 0 fully saturated rings. The third kappa shape index (κ3) is 13.7. The van der Waals surface area contributed by atoms with Gasteiger partial charge in [0.1, 0.15) is 24.8 Å². The van der Waals surface area contributed by atoms with Crippen LogP contribution in [-0.4, -0.2) is 58.2 Å². The normalized spacial score (nSPS) is 8.22. The second kappa shape index (κ2) is 17.3. The van der Waals surface area contributed by atoms with Gasteiger partial charge in [-0.25, -0.2) is 14.3 Å². The summed E-state index contributed by atoms with van der Waals surface area (Å²) in [5.41, 5.74) is 1.88. The smallest absolute Gasteiger partial charge is 0.759 e.